The maximum absolute atomic E-state index is 12.7. The molecular formula is C31H37F3N8O. The fourth-order valence-electron chi connectivity index (χ4n) is 4.22. The van der Waals surface area contributed by atoms with Crippen molar-refractivity contribution < 1.29 is 18.0 Å². The summed E-state index contributed by atoms with van der Waals surface area (Å²) >= 11 is 0. The number of hydrogen-bond acceptors (Lipinski definition) is 7. The van der Waals surface area contributed by atoms with Crippen LogP contribution in [0.25, 0.3) is 0 Å². The van der Waals surface area contributed by atoms with E-state index < -0.39 is 18.6 Å². The van der Waals surface area contributed by atoms with Gasteiger partial charge in [-0.05, 0) is 61.4 Å². The average Bonchev–Trinajstić information content (AvgIpc) is 2.97. The third-order valence-corrected chi connectivity index (χ3v) is 6.43. The summed E-state index contributed by atoms with van der Waals surface area (Å²) in [5.41, 5.74) is 4.00. The Hall–Kier alpha value is -4.58. The second-order valence-corrected chi connectivity index (χ2v) is 10.5. The third kappa shape index (κ3) is 10.3. The summed E-state index contributed by atoms with van der Waals surface area (Å²) in [6, 6.07) is 14.4. The zero-order valence-corrected chi connectivity index (χ0v) is 24.4. The molecule has 4 rings (SSSR count). The van der Waals surface area contributed by atoms with E-state index in [4.69, 9.17) is 0 Å². The molecule has 9 nitrogen and oxygen atoms in total. The molecule has 3 aromatic rings. The minimum Gasteiger partial charge on any atom is -0.369 e. The first-order chi connectivity index (χ1) is 20.5. The summed E-state index contributed by atoms with van der Waals surface area (Å²) in [4.78, 5) is 24.0. The average molecular weight is 595 g/mol. The second kappa shape index (κ2) is 14.5. The third-order valence-electron chi connectivity index (χ3n) is 6.43. The van der Waals surface area contributed by atoms with E-state index >= 15 is 0 Å². The first-order valence-electron chi connectivity index (χ1n) is 14.1. The number of halogens is 3. The Morgan fingerprint density at radius 2 is 1.77 bits per heavy atom. The van der Waals surface area contributed by atoms with E-state index in [1.807, 2.05) is 39.0 Å². The maximum atomic E-state index is 12.7. The predicted octanol–water partition coefficient (Wildman–Crippen LogP) is 6.85. The second-order valence-electron chi connectivity index (χ2n) is 10.5. The first kappa shape index (κ1) is 31.4. The predicted molar refractivity (Wildman–Crippen MR) is 166 cm³/mol. The van der Waals surface area contributed by atoms with Crippen molar-refractivity contribution in [2.75, 3.05) is 47.0 Å². The van der Waals surface area contributed by atoms with Crippen molar-refractivity contribution in [3.63, 3.8) is 0 Å². The molecule has 2 aromatic carbocycles. The highest BCUT2D eigenvalue weighted by Gasteiger charge is 2.25. The number of urea groups is 1. The number of carbonyl (C=O) groups excluding carboxylic acids is 1. The molecule has 0 radical (unpaired) electrons. The molecule has 0 bridgehead atoms. The van der Waals surface area contributed by atoms with Crippen LogP contribution >= 0.6 is 0 Å². The van der Waals surface area contributed by atoms with Crippen LogP contribution in [0.5, 0.6) is 0 Å². The van der Waals surface area contributed by atoms with Crippen LogP contribution in [0.4, 0.5) is 52.5 Å². The molecule has 1 aliphatic rings. The van der Waals surface area contributed by atoms with Crippen LogP contribution in [0.3, 0.4) is 0 Å². The number of rotatable bonds is 10. The molecular weight excluding hydrogens is 557 g/mol. The lowest BCUT2D eigenvalue weighted by atomic mass is 10.2. The van der Waals surface area contributed by atoms with Gasteiger partial charge in [-0.25, -0.2) is 9.78 Å². The molecule has 1 aliphatic heterocycles. The van der Waals surface area contributed by atoms with Crippen LogP contribution in [-0.2, 0) is 0 Å². The number of anilines is 6. The van der Waals surface area contributed by atoms with Crippen molar-refractivity contribution in [2.45, 2.75) is 33.4 Å². The number of alkyl halides is 3. The van der Waals surface area contributed by atoms with E-state index in [-0.39, 0.29) is 11.6 Å². The minimum atomic E-state index is -4.38. The standard InChI is InChI=1S/C31H37F3N8O/c1-21(2)7-8-24(13-14-31(32,33)34)39-30(43)40-26-6-4-5-25(19-26)37-28-22(3)20-36-29(41-28)38-23-9-11-27(12-10-23)42-17-15-35-16-18-42/h4-13,19-21,35H,14-18H2,1-3H3,(H2,39,40,43)(H2,36,37,38,41)/b8-7-,24-13+. The molecule has 0 spiro atoms. The Labute approximate surface area is 249 Å². The Morgan fingerprint density at radius 1 is 1.05 bits per heavy atom. The number of allylic oxidation sites excluding steroid dienone is 3. The van der Waals surface area contributed by atoms with E-state index in [0.29, 0.717) is 23.1 Å². The maximum Gasteiger partial charge on any atom is 0.392 e. The van der Waals surface area contributed by atoms with E-state index in [0.717, 1.165) is 43.5 Å². The number of piperazine rings is 1. The molecule has 0 aliphatic carbocycles. The van der Waals surface area contributed by atoms with Crippen molar-refractivity contribution in [1.29, 1.82) is 0 Å². The smallest absolute Gasteiger partial charge is 0.369 e. The molecule has 0 unspecified atom stereocenters. The monoisotopic (exact) mass is 594 g/mol. The van der Waals surface area contributed by atoms with Crippen molar-refractivity contribution in [3.8, 4) is 0 Å². The van der Waals surface area contributed by atoms with Gasteiger partial charge in [0.05, 0.1) is 6.42 Å². The van der Waals surface area contributed by atoms with Gasteiger partial charge in [0.15, 0.2) is 0 Å². The molecule has 1 aromatic heterocycles. The number of benzene rings is 2. The van der Waals surface area contributed by atoms with Crippen LogP contribution in [0, 0.1) is 12.8 Å². The fraction of sp³-hybridized carbons (Fsp3) is 0.323. The zero-order chi connectivity index (χ0) is 30.8. The molecule has 12 heteroatoms. The van der Waals surface area contributed by atoms with Gasteiger partial charge in [0.25, 0.3) is 0 Å². The van der Waals surface area contributed by atoms with Gasteiger partial charge in [0, 0.05) is 66.4 Å². The Kier molecular flexibility index (Phi) is 10.6. The van der Waals surface area contributed by atoms with Gasteiger partial charge < -0.3 is 31.5 Å². The highest BCUT2D eigenvalue weighted by atomic mass is 19.4. The van der Waals surface area contributed by atoms with E-state index in [1.54, 1.807) is 30.5 Å². The van der Waals surface area contributed by atoms with Gasteiger partial charge in [-0.1, -0.05) is 32.1 Å². The Balaban J connectivity index is 1.39. The number of nitrogens with zero attached hydrogens (tertiary/aromatic N) is 3. The largest absolute Gasteiger partial charge is 0.392 e. The summed E-state index contributed by atoms with van der Waals surface area (Å²) in [6.45, 7) is 9.54. The first-order valence-corrected chi connectivity index (χ1v) is 14.1. The number of aromatic nitrogens is 2. The highest BCUT2D eigenvalue weighted by molar-refractivity contribution is 5.91. The van der Waals surface area contributed by atoms with Crippen molar-refractivity contribution >= 4 is 40.5 Å². The van der Waals surface area contributed by atoms with Gasteiger partial charge in [-0.2, -0.15) is 18.2 Å². The number of nitrogens with one attached hydrogen (secondary N) is 5. The van der Waals surface area contributed by atoms with E-state index in [1.165, 1.54) is 11.8 Å². The van der Waals surface area contributed by atoms with E-state index in [2.05, 4.69) is 53.6 Å². The van der Waals surface area contributed by atoms with Crippen LogP contribution in [0.1, 0.15) is 25.8 Å². The molecule has 0 atom stereocenters. The highest BCUT2D eigenvalue weighted by Crippen LogP contribution is 2.25. The van der Waals surface area contributed by atoms with Crippen LogP contribution in [-0.4, -0.2) is 48.4 Å². The normalized spacial score (nSPS) is 14.2. The van der Waals surface area contributed by atoms with Crippen molar-refractivity contribution in [1.82, 2.24) is 20.6 Å². The number of aryl methyl sites for hydroxylation is 1. The fourth-order valence-corrected chi connectivity index (χ4v) is 4.22. The molecule has 228 valence electrons. The van der Waals surface area contributed by atoms with Crippen LogP contribution in [0.15, 0.2) is 78.7 Å². The van der Waals surface area contributed by atoms with Crippen LogP contribution < -0.4 is 31.5 Å². The van der Waals surface area contributed by atoms with Gasteiger partial charge in [-0.15, -0.1) is 0 Å². The summed E-state index contributed by atoms with van der Waals surface area (Å²) in [7, 11) is 0. The summed E-state index contributed by atoms with van der Waals surface area (Å²) in [6.07, 6.45) is 0.310. The lowest BCUT2D eigenvalue weighted by molar-refractivity contribution is -0.125. The zero-order valence-electron chi connectivity index (χ0n) is 24.4. The van der Waals surface area contributed by atoms with Gasteiger partial charge in [-0.3, -0.25) is 0 Å². The molecule has 2 amide bonds. The van der Waals surface area contributed by atoms with Gasteiger partial charge >= 0.3 is 12.2 Å². The lowest BCUT2D eigenvalue weighted by Crippen LogP contribution is -2.43. The molecule has 43 heavy (non-hydrogen) atoms. The van der Waals surface area contributed by atoms with E-state index in [9.17, 15) is 18.0 Å². The number of hydrogen-bond donors (Lipinski definition) is 5. The topological polar surface area (TPSA) is 106 Å². The van der Waals surface area contributed by atoms with Crippen LogP contribution in [0.2, 0.25) is 0 Å². The van der Waals surface area contributed by atoms with Gasteiger partial charge in [0.1, 0.15) is 5.82 Å². The quantitative estimate of drug-likeness (QED) is 0.164. The minimum absolute atomic E-state index is 0.0629. The molecule has 1 saturated heterocycles. The number of amides is 2. The molecule has 5 N–H and O–H groups in total. The Bertz CT molecular complexity index is 1430. The molecule has 1 fully saturated rings. The SMILES string of the molecule is Cc1cnc(Nc2ccc(N3CCNCC3)cc2)nc1Nc1cccc(NC(=O)NC(/C=C\C(C)C)=C/CC(F)(F)F)c1. The van der Waals surface area contributed by atoms with Gasteiger partial charge in [0.2, 0.25) is 5.95 Å². The summed E-state index contributed by atoms with van der Waals surface area (Å²) < 4.78 is 38.2. The lowest BCUT2D eigenvalue weighted by Gasteiger charge is -2.29. The number of carbonyl (C=O) groups is 1. The van der Waals surface area contributed by atoms with Crippen molar-refractivity contribution in [3.05, 3.63) is 84.2 Å². The molecule has 2 heterocycles. The Morgan fingerprint density at radius 3 is 2.47 bits per heavy atom. The summed E-state index contributed by atoms with van der Waals surface area (Å²) in [5, 5.41) is 15.0. The summed E-state index contributed by atoms with van der Waals surface area (Å²) in [5.74, 6) is 1.10. The van der Waals surface area contributed by atoms with Crippen molar-refractivity contribution in [2.24, 2.45) is 5.92 Å². The molecule has 0 saturated carbocycles.